The molecule has 0 saturated carbocycles. The Labute approximate surface area is 542 Å². The molecule has 24 N–H and O–H groups in total. The van der Waals surface area contributed by atoms with Crippen LogP contribution in [0.5, 0.6) is 0 Å². The fourth-order valence-corrected chi connectivity index (χ4v) is 12.0. The van der Waals surface area contributed by atoms with Gasteiger partial charge >= 0.3 is 5.97 Å². The summed E-state index contributed by atoms with van der Waals surface area (Å²) in [5, 5.41) is 261. The van der Waals surface area contributed by atoms with E-state index < -0.39 is 317 Å². The van der Waals surface area contributed by atoms with Crippen molar-refractivity contribution in [3.63, 3.8) is 0 Å². The molecular weight excluding hydrogens is 1320 g/mol. The van der Waals surface area contributed by atoms with Gasteiger partial charge in [0.1, 0.15) is 183 Å². The summed E-state index contributed by atoms with van der Waals surface area (Å²) in [7, 11) is 0. The third kappa shape index (κ3) is 16.9. The second-order valence-electron chi connectivity index (χ2n) is 24.5. The molecule has 42 atom stereocenters. The van der Waals surface area contributed by atoms with E-state index in [-0.39, 0.29) is 0 Å². The highest BCUT2D eigenvalue weighted by Crippen LogP contribution is 2.38. The highest BCUT2D eigenvalue weighted by atomic mass is 16.8. The number of ether oxygens (including phenoxy) is 18. The molecule has 0 spiro atoms. The van der Waals surface area contributed by atoms with E-state index in [0.29, 0.717) is 0 Å². The lowest BCUT2D eigenvalue weighted by atomic mass is 9.95. The molecule has 0 bridgehead atoms. The zero-order valence-electron chi connectivity index (χ0n) is 50.9. The quantitative estimate of drug-likeness (QED) is 0.0448. The SMILES string of the molecule is CC(=O)O[C@H]1[C@@H](O)[C@@H](CO)O[C@@H](O[C@H]2[C@@H](OC[C@H]3O[C@@H](O[C@H]4[C@H](O)[C@@H](O)[C@H](O)O[C@@H]4CO)[C@H](O)[C@@H](O)[C@@H]3O[C@@H]3O[C@H](CO[C@H]4OC[C@@H](O)[C@H](O)[C@H]4O)[C@@H](O[C@@H]4O[C@H](CO[C@H]5OC[C@@H](O)[C@H](O)[C@H]5O)[C@@H](O)[C@H](O)[C@H]4O)[C@H](O)[C@H]3O)OC[C@@H](O)[C@@H]2O)[C@@H]1O[C@@H]1O[C@@H](C)[C@@H](O)[C@@H](O)[C@@H]1O. The minimum absolute atomic E-state index is 0.516. The summed E-state index contributed by atoms with van der Waals surface area (Å²) < 4.78 is 103. The Bertz CT molecular complexity index is 2400. The molecule has 0 aromatic heterocycles. The standard InChI is InChI=1S/C53H88O43/c1-11-21(60)27(66)35(74)48(85-11)96-44-42(86-12(2)56)26(65)16(3-54)88-53(44)95-43-24(63)15(59)7-81-52(43)84-10-20-41(30(69)37(76)50(91-20)92-39-17(4-55)87-45(78)32(71)29(39)68)94-51-38(77)31(70)40(19(90-51)9-83-47-34(73)23(62)14(58)6-80-47)93-49-36(75)28(67)25(64)18(89-49)8-82-46-33(72)22(61)13(57)5-79-46/h11,13-55,57-78H,3-10H2,1-2H3/t11-,13+,14+,15+,16+,17+,18+,19+,20+,21+,22-,23-,24-,25+,26-,27+,28-,29+,30+,31+,32+,33+,34+,35-,36+,37+,38+,39+,40+,41+,42-,43+,44+,45+,46+,47+,48-,49-,50-,51-,52+,53-/m0/s1. The number of hydrogen-bond donors (Lipinski definition) is 24. The first-order valence-electron chi connectivity index (χ1n) is 30.6. The van der Waals surface area contributed by atoms with Crippen LogP contribution in [0.1, 0.15) is 13.8 Å². The third-order valence-corrected chi connectivity index (χ3v) is 17.8. The van der Waals surface area contributed by atoms with Gasteiger partial charge in [-0.2, -0.15) is 0 Å². The molecule has 9 rings (SSSR count). The maximum absolute atomic E-state index is 12.5. The molecule has 9 heterocycles. The zero-order valence-corrected chi connectivity index (χ0v) is 50.9. The molecule has 558 valence electrons. The van der Waals surface area contributed by atoms with E-state index in [1.807, 2.05) is 0 Å². The Morgan fingerprint density at radius 2 is 0.677 bits per heavy atom. The molecule has 0 amide bonds. The van der Waals surface area contributed by atoms with Crippen LogP contribution in [0.3, 0.4) is 0 Å². The van der Waals surface area contributed by atoms with E-state index in [9.17, 15) is 127 Å². The van der Waals surface area contributed by atoms with E-state index in [1.54, 1.807) is 0 Å². The molecule has 9 aliphatic rings. The summed E-state index contributed by atoms with van der Waals surface area (Å²) in [5.74, 6) is -1.07. The van der Waals surface area contributed by atoms with Gasteiger partial charge in [0, 0.05) is 6.92 Å². The molecule has 0 unspecified atom stereocenters. The number of aliphatic hydroxyl groups excluding tert-OH is 24. The summed E-state index contributed by atoms with van der Waals surface area (Å²) in [6, 6.07) is 0. The van der Waals surface area contributed by atoms with Crippen LogP contribution >= 0.6 is 0 Å². The second-order valence-corrected chi connectivity index (χ2v) is 24.5. The van der Waals surface area contributed by atoms with Gasteiger partial charge in [0.2, 0.25) is 0 Å². The average molecular weight is 1410 g/mol. The van der Waals surface area contributed by atoms with Gasteiger partial charge in [-0.1, -0.05) is 0 Å². The summed E-state index contributed by atoms with van der Waals surface area (Å²) in [5.41, 5.74) is 0. The Kier molecular flexibility index (Phi) is 27.2. The predicted octanol–water partition coefficient (Wildman–Crippen LogP) is -17.1. The number of carbonyl (C=O) groups is 1. The van der Waals surface area contributed by atoms with E-state index in [2.05, 4.69) is 0 Å². The first-order chi connectivity index (χ1) is 45.4. The molecule has 0 aliphatic carbocycles. The van der Waals surface area contributed by atoms with Gasteiger partial charge in [-0.15, -0.1) is 0 Å². The normalized spacial score (nSPS) is 53.0. The van der Waals surface area contributed by atoms with Gasteiger partial charge in [0.15, 0.2) is 68.8 Å². The number of rotatable bonds is 22. The Balaban J connectivity index is 0.998. The largest absolute Gasteiger partial charge is 0.457 e. The first-order valence-corrected chi connectivity index (χ1v) is 30.6. The van der Waals surface area contributed by atoms with E-state index >= 15 is 0 Å². The van der Waals surface area contributed by atoms with Crippen LogP contribution in [0.4, 0.5) is 0 Å². The monoisotopic (exact) mass is 1410 g/mol. The summed E-state index contributed by atoms with van der Waals surface area (Å²) in [4.78, 5) is 12.5. The maximum Gasteiger partial charge on any atom is 0.303 e. The lowest BCUT2D eigenvalue weighted by molar-refractivity contribution is -0.398. The topological polar surface area (TPSA) is 669 Å². The smallest absolute Gasteiger partial charge is 0.303 e. The number of esters is 1. The first kappa shape index (κ1) is 78.0. The molecule has 0 radical (unpaired) electrons. The molecule has 9 saturated heterocycles. The van der Waals surface area contributed by atoms with Crippen LogP contribution in [-0.4, -0.2) is 439 Å². The van der Waals surface area contributed by atoms with E-state index in [1.165, 1.54) is 6.92 Å². The fraction of sp³-hybridized carbons (Fsp3) is 0.981. The third-order valence-electron chi connectivity index (χ3n) is 17.8. The Morgan fingerprint density at radius 1 is 0.312 bits per heavy atom. The molecule has 43 nitrogen and oxygen atoms in total. The number of aliphatic hydroxyl groups is 24. The second kappa shape index (κ2) is 33.5. The van der Waals surface area contributed by atoms with Gasteiger partial charge in [-0.3, -0.25) is 4.79 Å². The van der Waals surface area contributed by atoms with Crippen molar-refractivity contribution in [3.8, 4) is 0 Å². The van der Waals surface area contributed by atoms with Crippen molar-refractivity contribution in [2.24, 2.45) is 0 Å². The molecule has 0 aromatic carbocycles. The highest BCUT2D eigenvalue weighted by molar-refractivity contribution is 5.66. The average Bonchev–Trinajstić information content (AvgIpc) is 0.848. The number of carbonyl (C=O) groups excluding carboxylic acids is 1. The van der Waals surface area contributed by atoms with Crippen LogP contribution in [0.15, 0.2) is 0 Å². The van der Waals surface area contributed by atoms with Crippen molar-refractivity contribution in [1.82, 2.24) is 0 Å². The summed E-state index contributed by atoms with van der Waals surface area (Å²) in [6.07, 6.45) is -83.3. The Morgan fingerprint density at radius 3 is 1.17 bits per heavy atom. The van der Waals surface area contributed by atoms with Crippen LogP contribution < -0.4 is 0 Å². The lowest BCUT2D eigenvalue weighted by Crippen LogP contribution is -2.68. The minimum Gasteiger partial charge on any atom is -0.457 e. The van der Waals surface area contributed by atoms with Gasteiger partial charge in [-0.25, -0.2) is 0 Å². The van der Waals surface area contributed by atoms with Crippen LogP contribution in [0.2, 0.25) is 0 Å². The zero-order chi connectivity index (χ0) is 70.2. The molecule has 0 aromatic rings. The molecular formula is C53H88O43. The van der Waals surface area contributed by atoms with Crippen molar-refractivity contribution < 1.29 is 213 Å². The molecule has 9 aliphatic heterocycles. The summed E-state index contributed by atoms with van der Waals surface area (Å²) in [6.45, 7) is -4.62. The van der Waals surface area contributed by atoms with Crippen molar-refractivity contribution in [2.45, 2.75) is 272 Å². The number of hydrogen-bond acceptors (Lipinski definition) is 43. The van der Waals surface area contributed by atoms with Gasteiger partial charge in [0.25, 0.3) is 0 Å². The fourth-order valence-electron chi connectivity index (χ4n) is 12.0. The highest BCUT2D eigenvalue weighted by Gasteiger charge is 2.59. The van der Waals surface area contributed by atoms with Gasteiger partial charge < -0.3 is 208 Å². The molecule has 9 fully saturated rings. The predicted molar refractivity (Wildman–Crippen MR) is 287 cm³/mol. The molecule has 96 heavy (non-hydrogen) atoms. The minimum atomic E-state index is -2.44. The van der Waals surface area contributed by atoms with Crippen LogP contribution in [0, 0.1) is 0 Å². The Hall–Kier alpha value is -2.17. The van der Waals surface area contributed by atoms with Gasteiger partial charge in [-0.05, 0) is 6.92 Å². The van der Waals surface area contributed by atoms with Crippen LogP contribution in [-0.2, 0) is 90.1 Å². The van der Waals surface area contributed by atoms with Crippen molar-refractivity contribution in [2.75, 3.05) is 52.9 Å². The molecule has 43 heteroatoms. The lowest BCUT2D eigenvalue weighted by Gasteiger charge is -2.50. The van der Waals surface area contributed by atoms with Crippen LogP contribution in [0.25, 0.3) is 0 Å². The van der Waals surface area contributed by atoms with E-state index in [4.69, 9.17) is 85.3 Å². The maximum atomic E-state index is 12.5. The van der Waals surface area contributed by atoms with E-state index in [0.717, 1.165) is 6.92 Å². The van der Waals surface area contributed by atoms with Crippen molar-refractivity contribution in [1.29, 1.82) is 0 Å². The van der Waals surface area contributed by atoms with Gasteiger partial charge in [0.05, 0.1) is 59.0 Å². The van der Waals surface area contributed by atoms with Crippen molar-refractivity contribution >= 4 is 5.97 Å². The summed E-state index contributed by atoms with van der Waals surface area (Å²) >= 11 is 0. The van der Waals surface area contributed by atoms with Crippen molar-refractivity contribution in [3.05, 3.63) is 0 Å².